The fraction of sp³-hybridized carbons (Fsp3) is 0.533. The fourth-order valence-corrected chi connectivity index (χ4v) is 2.51. The Bertz CT molecular complexity index is 511. The van der Waals surface area contributed by atoms with Crippen LogP contribution in [-0.2, 0) is 0 Å². The van der Waals surface area contributed by atoms with Gasteiger partial charge in [-0.2, -0.15) is 0 Å². The molecule has 6 heteroatoms. The molecule has 0 unspecified atom stereocenters. The zero-order chi connectivity index (χ0) is 15.3. The molecule has 0 aliphatic heterocycles. The number of aliphatic hydroxyl groups is 1. The molecule has 0 amide bonds. The van der Waals surface area contributed by atoms with Gasteiger partial charge >= 0.3 is 0 Å². The monoisotopic (exact) mass is 293 g/mol. The second-order valence-electron chi connectivity index (χ2n) is 5.32. The molecule has 1 fully saturated rings. The molecule has 2 rings (SSSR count). The number of nitrogens with two attached hydrogens (primary N) is 1. The van der Waals surface area contributed by atoms with Crippen LogP contribution < -0.4 is 20.5 Å². The van der Waals surface area contributed by atoms with Crippen molar-refractivity contribution in [2.75, 3.05) is 26.1 Å². The van der Waals surface area contributed by atoms with E-state index in [0.717, 1.165) is 25.7 Å². The third kappa shape index (κ3) is 4.01. The van der Waals surface area contributed by atoms with E-state index in [1.807, 2.05) is 0 Å². The minimum Gasteiger partial charge on any atom is -0.497 e. The second-order valence-corrected chi connectivity index (χ2v) is 5.32. The van der Waals surface area contributed by atoms with Gasteiger partial charge in [0, 0.05) is 6.07 Å². The number of rotatable bonds is 5. The van der Waals surface area contributed by atoms with Crippen molar-refractivity contribution in [1.29, 1.82) is 0 Å². The molecule has 0 bridgehead atoms. The van der Waals surface area contributed by atoms with Crippen LogP contribution in [0.1, 0.15) is 25.7 Å². The van der Waals surface area contributed by atoms with E-state index in [1.54, 1.807) is 32.4 Å². The van der Waals surface area contributed by atoms with E-state index in [0.29, 0.717) is 23.7 Å². The minimum absolute atomic E-state index is 0.252. The van der Waals surface area contributed by atoms with Gasteiger partial charge in [-0.05, 0) is 25.0 Å². The molecule has 1 aromatic rings. The number of hydrogen-bond acceptors (Lipinski definition) is 4. The van der Waals surface area contributed by atoms with Gasteiger partial charge in [-0.3, -0.25) is 4.99 Å². The van der Waals surface area contributed by atoms with Crippen LogP contribution in [0.15, 0.2) is 23.2 Å². The summed E-state index contributed by atoms with van der Waals surface area (Å²) in [5.41, 5.74) is 5.86. The molecule has 0 atom stereocenters. The predicted molar refractivity (Wildman–Crippen MR) is 83.1 cm³/mol. The van der Waals surface area contributed by atoms with Crippen molar-refractivity contribution in [3.8, 4) is 11.5 Å². The maximum absolute atomic E-state index is 10.3. The molecule has 0 spiro atoms. The Morgan fingerprint density at radius 1 is 1.33 bits per heavy atom. The molecule has 1 aromatic carbocycles. The highest BCUT2D eigenvalue weighted by molar-refractivity contribution is 5.94. The first-order valence-corrected chi connectivity index (χ1v) is 7.08. The first-order valence-electron chi connectivity index (χ1n) is 7.08. The molecule has 1 aliphatic carbocycles. The van der Waals surface area contributed by atoms with Gasteiger partial charge in [-0.1, -0.05) is 12.8 Å². The van der Waals surface area contributed by atoms with E-state index in [4.69, 9.17) is 15.2 Å². The molecule has 4 N–H and O–H groups in total. The zero-order valence-corrected chi connectivity index (χ0v) is 12.6. The molecular weight excluding hydrogens is 270 g/mol. The van der Waals surface area contributed by atoms with Crippen LogP contribution >= 0.6 is 0 Å². The van der Waals surface area contributed by atoms with Gasteiger partial charge in [0.2, 0.25) is 0 Å². The standard InChI is InChI=1S/C15H23N3O3/c1-20-11-5-6-13(21-2)12(9-11)18-14(16)17-10-15(19)7-3-4-8-15/h5-6,9,19H,3-4,7-8,10H2,1-2H3,(H3,16,17,18). The van der Waals surface area contributed by atoms with E-state index in [2.05, 4.69) is 10.3 Å². The SMILES string of the molecule is COc1ccc(OC)c(NC(N)=NCC2(O)CCCC2)c1. The third-order valence-corrected chi connectivity index (χ3v) is 3.75. The number of benzene rings is 1. The van der Waals surface area contributed by atoms with Gasteiger partial charge in [0.25, 0.3) is 0 Å². The number of ether oxygens (including phenoxy) is 2. The highest BCUT2D eigenvalue weighted by Crippen LogP contribution is 2.30. The summed E-state index contributed by atoms with van der Waals surface area (Å²) in [5, 5.41) is 13.2. The smallest absolute Gasteiger partial charge is 0.193 e. The molecule has 0 saturated heterocycles. The molecule has 6 nitrogen and oxygen atoms in total. The second kappa shape index (κ2) is 6.67. The van der Waals surface area contributed by atoms with Gasteiger partial charge < -0.3 is 25.6 Å². The first kappa shape index (κ1) is 15.4. The lowest BCUT2D eigenvalue weighted by Crippen LogP contribution is -2.31. The Morgan fingerprint density at radius 2 is 2.05 bits per heavy atom. The maximum atomic E-state index is 10.3. The van der Waals surface area contributed by atoms with Crippen LogP contribution in [-0.4, -0.2) is 37.4 Å². The van der Waals surface area contributed by atoms with Crippen LogP contribution in [0, 0.1) is 0 Å². The number of anilines is 1. The number of guanidine groups is 1. The lowest BCUT2D eigenvalue weighted by molar-refractivity contribution is 0.0575. The normalized spacial score (nSPS) is 17.6. The molecule has 1 saturated carbocycles. The Kier molecular flexibility index (Phi) is 4.90. The summed E-state index contributed by atoms with van der Waals surface area (Å²) in [5.74, 6) is 1.59. The van der Waals surface area contributed by atoms with Crippen LogP contribution in [0.3, 0.4) is 0 Å². The van der Waals surface area contributed by atoms with Crippen LogP contribution in [0.2, 0.25) is 0 Å². The van der Waals surface area contributed by atoms with E-state index in [-0.39, 0.29) is 5.96 Å². The predicted octanol–water partition coefficient (Wildman–Crippen LogP) is 1.74. The summed E-state index contributed by atoms with van der Waals surface area (Å²) in [7, 11) is 3.18. The van der Waals surface area contributed by atoms with Gasteiger partial charge in [0.1, 0.15) is 11.5 Å². The van der Waals surface area contributed by atoms with E-state index in [1.165, 1.54) is 0 Å². The molecule has 21 heavy (non-hydrogen) atoms. The Labute approximate surface area is 125 Å². The van der Waals surface area contributed by atoms with Crippen molar-refractivity contribution in [2.24, 2.45) is 10.7 Å². The summed E-state index contributed by atoms with van der Waals surface area (Å²) >= 11 is 0. The van der Waals surface area contributed by atoms with Crippen molar-refractivity contribution >= 4 is 11.6 Å². The van der Waals surface area contributed by atoms with E-state index in [9.17, 15) is 5.11 Å². The Hall–Kier alpha value is -1.95. The van der Waals surface area contributed by atoms with Gasteiger partial charge in [0.05, 0.1) is 32.1 Å². The summed E-state index contributed by atoms with van der Waals surface area (Å²) in [6.07, 6.45) is 3.66. The van der Waals surface area contributed by atoms with Crippen molar-refractivity contribution in [3.05, 3.63) is 18.2 Å². The highest BCUT2D eigenvalue weighted by atomic mass is 16.5. The van der Waals surface area contributed by atoms with Gasteiger partial charge in [0.15, 0.2) is 5.96 Å². The van der Waals surface area contributed by atoms with Gasteiger partial charge in [-0.25, -0.2) is 0 Å². The van der Waals surface area contributed by atoms with Crippen molar-refractivity contribution in [1.82, 2.24) is 0 Å². The third-order valence-electron chi connectivity index (χ3n) is 3.75. The van der Waals surface area contributed by atoms with E-state index < -0.39 is 5.60 Å². The molecular formula is C15H23N3O3. The fourth-order valence-electron chi connectivity index (χ4n) is 2.51. The molecule has 0 heterocycles. The zero-order valence-electron chi connectivity index (χ0n) is 12.6. The lowest BCUT2D eigenvalue weighted by Gasteiger charge is -2.19. The summed E-state index contributed by atoms with van der Waals surface area (Å²) in [4.78, 5) is 4.24. The lowest BCUT2D eigenvalue weighted by atomic mass is 10.0. The van der Waals surface area contributed by atoms with E-state index >= 15 is 0 Å². The van der Waals surface area contributed by atoms with Gasteiger partial charge in [-0.15, -0.1) is 0 Å². The van der Waals surface area contributed by atoms with Crippen LogP contribution in [0.5, 0.6) is 11.5 Å². The average molecular weight is 293 g/mol. The maximum Gasteiger partial charge on any atom is 0.193 e. The summed E-state index contributed by atoms with van der Waals surface area (Å²) in [6, 6.07) is 5.38. The molecule has 0 aromatic heterocycles. The summed E-state index contributed by atoms with van der Waals surface area (Å²) < 4.78 is 10.4. The number of aliphatic imine (C=N–C) groups is 1. The number of hydrogen-bond donors (Lipinski definition) is 3. The average Bonchev–Trinajstić information content (AvgIpc) is 2.92. The van der Waals surface area contributed by atoms with Crippen molar-refractivity contribution in [2.45, 2.75) is 31.3 Å². The molecule has 1 aliphatic rings. The highest BCUT2D eigenvalue weighted by Gasteiger charge is 2.30. The van der Waals surface area contributed by atoms with Crippen LogP contribution in [0.4, 0.5) is 5.69 Å². The quantitative estimate of drug-likeness (QED) is 0.568. The molecule has 116 valence electrons. The minimum atomic E-state index is -0.704. The Morgan fingerprint density at radius 3 is 2.67 bits per heavy atom. The van der Waals surface area contributed by atoms with Crippen molar-refractivity contribution < 1.29 is 14.6 Å². The Balaban J connectivity index is 2.05. The topological polar surface area (TPSA) is 89.1 Å². The first-order chi connectivity index (χ1) is 10.1. The number of nitrogens with zero attached hydrogens (tertiary/aromatic N) is 1. The largest absolute Gasteiger partial charge is 0.497 e. The number of nitrogens with one attached hydrogen (secondary N) is 1. The summed E-state index contributed by atoms with van der Waals surface area (Å²) in [6.45, 7) is 0.318. The number of methoxy groups -OCH3 is 2. The van der Waals surface area contributed by atoms with Crippen LogP contribution in [0.25, 0.3) is 0 Å². The molecule has 0 radical (unpaired) electrons. The van der Waals surface area contributed by atoms with Crippen molar-refractivity contribution in [3.63, 3.8) is 0 Å².